The van der Waals surface area contributed by atoms with E-state index in [9.17, 15) is 18.8 Å². The number of nitrogens with zero attached hydrogens (tertiary/aromatic N) is 3. The summed E-state index contributed by atoms with van der Waals surface area (Å²) in [7, 11) is 1.29. The lowest BCUT2D eigenvalue weighted by molar-refractivity contribution is 0.0501. The summed E-state index contributed by atoms with van der Waals surface area (Å²) in [6.45, 7) is 7.10. The van der Waals surface area contributed by atoms with Crippen LogP contribution in [0.15, 0.2) is 18.3 Å². The first kappa shape index (κ1) is 25.0. The summed E-state index contributed by atoms with van der Waals surface area (Å²) in [5, 5.41) is 18.1. The molecule has 3 N–H and O–H groups in total. The monoisotopic (exact) mass is 474 g/mol. The van der Waals surface area contributed by atoms with E-state index < -0.39 is 29.4 Å². The molecule has 0 aliphatic heterocycles. The predicted octanol–water partition coefficient (Wildman–Crippen LogP) is 4.48. The van der Waals surface area contributed by atoms with E-state index in [0.29, 0.717) is 0 Å². The molecule has 1 aliphatic rings. The first-order valence-corrected chi connectivity index (χ1v) is 10.8. The van der Waals surface area contributed by atoms with Gasteiger partial charge in [-0.3, -0.25) is 0 Å². The van der Waals surface area contributed by atoms with E-state index in [1.165, 1.54) is 13.3 Å². The molecule has 2 aromatic rings. The van der Waals surface area contributed by atoms with Crippen LogP contribution in [0.5, 0.6) is 5.88 Å². The molecule has 1 saturated carbocycles. The number of aromatic nitrogens is 2. The summed E-state index contributed by atoms with van der Waals surface area (Å²) in [6.07, 6.45) is 2.56. The second-order valence-corrected chi connectivity index (χ2v) is 9.11. The lowest BCUT2D eigenvalue weighted by Gasteiger charge is -2.28. The van der Waals surface area contributed by atoms with Crippen molar-refractivity contribution in [1.29, 1.82) is 5.26 Å². The Hall–Kier alpha value is -3.68. The first-order valence-electron chi connectivity index (χ1n) is 10.8. The Kier molecular flexibility index (Phi) is 7.39. The van der Waals surface area contributed by atoms with Crippen LogP contribution in [-0.4, -0.2) is 40.9 Å². The van der Waals surface area contributed by atoms with Crippen molar-refractivity contribution in [3.63, 3.8) is 0 Å². The standard InChI is InChI=1S/C23H28F2N6O3/c1-12(28-22(32)34-23(2,3)4)18(13-6-7-13)30-20-16(24)8-14(10-26)19(31-20)29-15-9-17(25)21(33-5)27-11-15/h8-9,11-13,18H,6-7H2,1-5H3,(H,28,32)(H2,29,30,31)/t12-,18-/m0/s1. The molecule has 2 aromatic heterocycles. The molecule has 11 heteroatoms. The zero-order chi connectivity index (χ0) is 25.0. The Labute approximate surface area is 196 Å². The Morgan fingerprint density at radius 2 is 1.94 bits per heavy atom. The predicted molar refractivity (Wildman–Crippen MR) is 122 cm³/mol. The number of halogens is 2. The average molecular weight is 475 g/mol. The topological polar surface area (TPSA) is 121 Å². The number of hydrogen-bond acceptors (Lipinski definition) is 8. The van der Waals surface area contributed by atoms with Crippen molar-refractivity contribution in [3.8, 4) is 11.9 Å². The summed E-state index contributed by atoms with van der Waals surface area (Å²) >= 11 is 0. The molecule has 1 aliphatic carbocycles. The molecule has 0 bridgehead atoms. The smallest absolute Gasteiger partial charge is 0.407 e. The molecular weight excluding hydrogens is 446 g/mol. The number of hydrogen-bond donors (Lipinski definition) is 3. The molecule has 2 atom stereocenters. The highest BCUT2D eigenvalue weighted by molar-refractivity contribution is 5.68. The van der Waals surface area contributed by atoms with Crippen molar-refractivity contribution in [2.45, 2.75) is 58.2 Å². The van der Waals surface area contributed by atoms with Gasteiger partial charge < -0.3 is 25.4 Å². The Balaban J connectivity index is 1.82. The van der Waals surface area contributed by atoms with Gasteiger partial charge in [-0.1, -0.05) is 0 Å². The van der Waals surface area contributed by atoms with Gasteiger partial charge in [-0.15, -0.1) is 0 Å². The summed E-state index contributed by atoms with van der Waals surface area (Å²) in [4.78, 5) is 20.3. The fraction of sp³-hybridized carbons (Fsp3) is 0.478. The molecule has 182 valence electrons. The van der Waals surface area contributed by atoms with Crippen molar-refractivity contribution < 1.29 is 23.0 Å². The lowest BCUT2D eigenvalue weighted by atomic mass is 10.0. The maximum Gasteiger partial charge on any atom is 0.407 e. The number of carbonyl (C=O) groups is 1. The molecule has 0 spiro atoms. The van der Waals surface area contributed by atoms with Gasteiger partial charge in [0.2, 0.25) is 5.88 Å². The van der Waals surface area contributed by atoms with Gasteiger partial charge >= 0.3 is 6.09 Å². The maximum absolute atomic E-state index is 14.8. The van der Waals surface area contributed by atoms with Gasteiger partial charge in [0.15, 0.2) is 23.3 Å². The third-order valence-corrected chi connectivity index (χ3v) is 5.08. The number of alkyl carbamates (subject to hydrolysis) is 1. The summed E-state index contributed by atoms with van der Waals surface area (Å²) in [6, 6.07) is 3.33. The SMILES string of the molecule is COc1ncc(Nc2nc(N[C@H](C3CC3)[C@H](C)NC(=O)OC(C)(C)C)c(F)cc2C#N)cc1F. The maximum atomic E-state index is 14.8. The molecule has 9 nitrogen and oxygen atoms in total. The van der Waals surface area contributed by atoms with Crippen LogP contribution >= 0.6 is 0 Å². The Morgan fingerprint density at radius 1 is 1.24 bits per heavy atom. The number of nitrogens with one attached hydrogen (secondary N) is 3. The highest BCUT2D eigenvalue weighted by atomic mass is 19.1. The van der Waals surface area contributed by atoms with E-state index in [2.05, 4.69) is 25.9 Å². The second-order valence-electron chi connectivity index (χ2n) is 9.11. The van der Waals surface area contributed by atoms with Crippen LogP contribution in [0.1, 0.15) is 46.1 Å². The average Bonchev–Trinajstić information content (AvgIpc) is 3.57. The number of anilines is 3. The number of amides is 1. The van der Waals surface area contributed by atoms with Crippen LogP contribution in [0.3, 0.4) is 0 Å². The second kappa shape index (κ2) is 10.1. The van der Waals surface area contributed by atoms with E-state index in [-0.39, 0.29) is 40.7 Å². The molecule has 0 radical (unpaired) electrons. The van der Waals surface area contributed by atoms with Crippen LogP contribution in [-0.2, 0) is 4.74 Å². The minimum Gasteiger partial charge on any atom is -0.479 e. The first-order chi connectivity index (χ1) is 16.0. The van der Waals surface area contributed by atoms with Crippen LogP contribution in [0.4, 0.5) is 30.9 Å². The molecule has 0 unspecified atom stereocenters. The number of pyridine rings is 2. The zero-order valence-corrected chi connectivity index (χ0v) is 19.7. The molecule has 0 saturated heterocycles. The molecular formula is C23H28F2N6O3. The minimum absolute atomic E-state index is 0.0278. The lowest BCUT2D eigenvalue weighted by Crippen LogP contribution is -2.47. The number of rotatable bonds is 8. The fourth-order valence-corrected chi connectivity index (χ4v) is 3.40. The third-order valence-electron chi connectivity index (χ3n) is 5.08. The van der Waals surface area contributed by atoms with Gasteiger partial charge in [-0.05, 0) is 52.5 Å². The van der Waals surface area contributed by atoms with Crippen molar-refractivity contribution in [2.24, 2.45) is 5.92 Å². The third kappa shape index (κ3) is 6.43. The summed E-state index contributed by atoms with van der Waals surface area (Å²) in [5.41, 5.74) is -0.510. The van der Waals surface area contributed by atoms with Gasteiger partial charge in [0.1, 0.15) is 11.7 Å². The number of carbonyl (C=O) groups excluding carboxylic acids is 1. The Bertz CT molecular complexity index is 1100. The normalized spacial score (nSPS) is 15.0. The summed E-state index contributed by atoms with van der Waals surface area (Å²) < 4.78 is 38.9. The molecule has 2 heterocycles. The minimum atomic E-state index is -0.726. The highest BCUT2D eigenvalue weighted by Gasteiger charge is 2.37. The van der Waals surface area contributed by atoms with E-state index in [4.69, 9.17) is 9.47 Å². The summed E-state index contributed by atoms with van der Waals surface area (Å²) in [5.74, 6) is -1.48. The molecule has 3 rings (SSSR count). The fourth-order valence-electron chi connectivity index (χ4n) is 3.40. The van der Waals surface area contributed by atoms with E-state index in [1.807, 2.05) is 6.07 Å². The van der Waals surface area contributed by atoms with E-state index >= 15 is 0 Å². The van der Waals surface area contributed by atoms with Crippen molar-refractivity contribution in [3.05, 3.63) is 35.5 Å². The van der Waals surface area contributed by atoms with Gasteiger partial charge in [-0.25, -0.2) is 23.5 Å². The molecule has 0 aromatic carbocycles. The van der Waals surface area contributed by atoms with Crippen molar-refractivity contribution in [1.82, 2.24) is 15.3 Å². The van der Waals surface area contributed by atoms with Crippen LogP contribution in [0, 0.1) is 28.9 Å². The van der Waals surface area contributed by atoms with E-state index in [1.54, 1.807) is 27.7 Å². The van der Waals surface area contributed by atoms with Gasteiger partial charge in [0.05, 0.1) is 30.6 Å². The largest absolute Gasteiger partial charge is 0.479 e. The van der Waals surface area contributed by atoms with Crippen LogP contribution in [0.2, 0.25) is 0 Å². The van der Waals surface area contributed by atoms with Gasteiger partial charge in [0, 0.05) is 12.1 Å². The van der Waals surface area contributed by atoms with Crippen molar-refractivity contribution in [2.75, 3.05) is 17.7 Å². The van der Waals surface area contributed by atoms with E-state index in [0.717, 1.165) is 25.0 Å². The number of nitriles is 1. The molecule has 1 amide bonds. The molecule has 1 fully saturated rings. The van der Waals surface area contributed by atoms with Crippen LogP contribution in [0.25, 0.3) is 0 Å². The number of methoxy groups -OCH3 is 1. The number of ether oxygens (including phenoxy) is 2. The Morgan fingerprint density at radius 3 is 2.50 bits per heavy atom. The van der Waals surface area contributed by atoms with Gasteiger partial charge in [-0.2, -0.15) is 5.26 Å². The zero-order valence-electron chi connectivity index (χ0n) is 19.7. The molecule has 34 heavy (non-hydrogen) atoms. The quantitative estimate of drug-likeness (QED) is 0.512. The van der Waals surface area contributed by atoms with Crippen LogP contribution < -0.4 is 20.7 Å². The highest BCUT2D eigenvalue weighted by Crippen LogP contribution is 2.36. The van der Waals surface area contributed by atoms with Gasteiger partial charge in [0.25, 0.3) is 0 Å². The van der Waals surface area contributed by atoms with Crippen molar-refractivity contribution >= 4 is 23.4 Å².